The van der Waals surface area contributed by atoms with Crippen molar-refractivity contribution in [2.45, 2.75) is 38.6 Å². The Labute approximate surface area is 136 Å². The summed E-state index contributed by atoms with van der Waals surface area (Å²) in [4.78, 5) is 11.2. The van der Waals surface area contributed by atoms with Crippen molar-refractivity contribution in [2.24, 2.45) is 5.92 Å². The number of ether oxygens (including phenoxy) is 1. The van der Waals surface area contributed by atoms with E-state index in [1.54, 1.807) is 7.11 Å². The minimum Gasteiger partial charge on any atom is -0.481 e. The highest BCUT2D eigenvalue weighted by atomic mass is 32.1. The van der Waals surface area contributed by atoms with Gasteiger partial charge in [0.25, 0.3) is 0 Å². The first kappa shape index (κ1) is 15.3. The quantitative estimate of drug-likeness (QED) is 0.824. The Bertz CT molecular complexity index is 549. The van der Waals surface area contributed by atoms with Gasteiger partial charge in [0.15, 0.2) is 5.11 Å². The van der Waals surface area contributed by atoms with E-state index in [1.165, 1.54) is 25.7 Å². The molecule has 1 aromatic rings. The zero-order valence-corrected chi connectivity index (χ0v) is 13.9. The molecule has 2 N–H and O–H groups in total. The molecule has 120 valence electrons. The molecule has 1 aliphatic carbocycles. The van der Waals surface area contributed by atoms with Crippen molar-refractivity contribution in [1.82, 2.24) is 15.3 Å². The molecule has 1 saturated heterocycles. The van der Waals surface area contributed by atoms with Gasteiger partial charge in [-0.25, -0.2) is 0 Å². The summed E-state index contributed by atoms with van der Waals surface area (Å²) in [6, 6.07) is 2.40. The van der Waals surface area contributed by atoms with Crippen LogP contribution in [0.3, 0.4) is 0 Å². The number of nitrogens with zero attached hydrogens (tertiary/aromatic N) is 3. The lowest BCUT2D eigenvalue weighted by Crippen LogP contribution is -2.35. The Morgan fingerprint density at radius 3 is 2.86 bits per heavy atom. The molecule has 1 saturated carbocycles. The normalized spacial score (nSPS) is 21.4. The van der Waals surface area contributed by atoms with Gasteiger partial charge in [-0.05, 0) is 43.8 Å². The van der Waals surface area contributed by atoms with E-state index in [1.807, 2.05) is 6.07 Å². The maximum absolute atomic E-state index is 5.31. The molecule has 0 radical (unpaired) electrons. The number of aromatic nitrogens is 2. The molecule has 22 heavy (non-hydrogen) atoms. The maximum Gasteiger partial charge on any atom is 0.234 e. The molecule has 2 fully saturated rings. The molecule has 7 heteroatoms. The smallest absolute Gasteiger partial charge is 0.234 e. The summed E-state index contributed by atoms with van der Waals surface area (Å²) in [5, 5.41) is 6.88. The average Bonchev–Trinajstić information content (AvgIpc) is 3.30. The molecule has 1 aliphatic heterocycles. The van der Waals surface area contributed by atoms with Crippen LogP contribution >= 0.6 is 12.2 Å². The van der Waals surface area contributed by atoms with Crippen LogP contribution in [0.2, 0.25) is 0 Å². The largest absolute Gasteiger partial charge is 0.481 e. The highest BCUT2D eigenvalue weighted by molar-refractivity contribution is 7.80. The lowest BCUT2D eigenvalue weighted by Gasteiger charge is -2.32. The van der Waals surface area contributed by atoms with E-state index in [2.05, 4.69) is 32.4 Å². The van der Waals surface area contributed by atoms with Crippen LogP contribution in [0, 0.1) is 5.92 Å². The lowest BCUT2D eigenvalue weighted by atomic mass is 10.0. The van der Waals surface area contributed by atoms with Crippen molar-refractivity contribution < 1.29 is 4.74 Å². The molecule has 0 bridgehead atoms. The van der Waals surface area contributed by atoms with E-state index < -0.39 is 0 Å². The molecule has 2 heterocycles. The van der Waals surface area contributed by atoms with E-state index in [0.717, 1.165) is 18.9 Å². The molecule has 1 atom stereocenters. The Morgan fingerprint density at radius 1 is 1.36 bits per heavy atom. The summed E-state index contributed by atoms with van der Waals surface area (Å²) in [5.74, 6) is 2.63. The number of nitrogens with one attached hydrogen (secondary N) is 2. The molecule has 3 rings (SSSR count). The first-order valence-corrected chi connectivity index (χ1v) is 8.30. The zero-order chi connectivity index (χ0) is 15.5. The van der Waals surface area contributed by atoms with Crippen molar-refractivity contribution in [3.8, 4) is 5.88 Å². The number of methoxy groups -OCH3 is 1. The van der Waals surface area contributed by atoms with Crippen LogP contribution in [0.1, 0.15) is 32.6 Å². The second-order valence-electron chi connectivity index (χ2n) is 6.16. The molecule has 0 amide bonds. The third-order valence-electron chi connectivity index (χ3n) is 4.02. The van der Waals surface area contributed by atoms with Crippen LogP contribution in [-0.4, -0.2) is 41.3 Å². The fourth-order valence-electron chi connectivity index (χ4n) is 2.68. The number of thiocarbonyl (C=S) groups is 1. The SMILES string of the molecule is COc1cc(N2CCC[C@H](C)C2)nc(NC(=S)NC2CC2)n1. The van der Waals surface area contributed by atoms with Gasteiger partial charge in [0.2, 0.25) is 11.8 Å². The van der Waals surface area contributed by atoms with Crippen LogP contribution in [0.5, 0.6) is 5.88 Å². The summed E-state index contributed by atoms with van der Waals surface area (Å²) < 4.78 is 5.31. The summed E-state index contributed by atoms with van der Waals surface area (Å²) in [6.07, 6.45) is 4.83. The fraction of sp³-hybridized carbons (Fsp3) is 0.667. The summed E-state index contributed by atoms with van der Waals surface area (Å²) in [7, 11) is 1.62. The number of hydrogen-bond donors (Lipinski definition) is 2. The highest BCUT2D eigenvalue weighted by Gasteiger charge is 2.23. The zero-order valence-electron chi connectivity index (χ0n) is 13.1. The van der Waals surface area contributed by atoms with Gasteiger partial charge in [0.05, 0.1) is 7.11 Å². The second kappa shape index (κ2) is 6.64. The summed E-state index contributed by atoms with van der Waals surface area (Å²) in [6.45, 7) is 4.32. The van der Waals surface area contributed by atoms with Crippen molar-refractivity contribution in [3.05, 3.63) is 6.07 Å². The first-order chi connectivity index (χ1) is 10.6. The van der Waals surface area contributed by atoms with Crippen molar-refractivity contribution in [1.29, 1.82) is 0 Å². The van der Waals surface area contributed by atoms with Gasteiger partial charge in [-0.1, -0.05) is 6.92 Å². The van der Waals surface area contributed by atoms with Gasteiger partial charge in [0.1, 0.15) is 5.82 Å². The van der Waals surface area contributed by atoms with Crippen molar-refractivity contribution in [3.63, 3.8) is 0 Å². The van der Waals surface area contributed by atoms with E-state index in [-0.39, 0.29) is 0 Å². The third-order valence-corrected chi connectivity index (χ3v) is 4.24. The number of piperidine rings is 1. The predicted molar refractivity (Wildman–Crippen MR) is 91.6 cm³/mol. The van der Waals surface area contributed by atoms with Crippen molar-refractivity contribution in [2.75, 3.05) is 30.4 Å². The van der Waals surface area contributed by atoms with Crippen LogP contribution in [-0.2, 0) is 0 Å². The van der Waals surface area contributed by atoms with E-state index >= 15 is 0 Å². The standard InChI is InChI=1S/C15H23N5OS/c1-10-4-3-7-20(9-10)12-8-13(21-2)18-14(17-12)19-15(22)16-11-5-6-11/h8,10-11H,3-7,9H2,1-2H3,(H2,16,17,18,19,22)/t10-/m0/s1. The summed E-state index contributed by atoms with van der Waals surface area (Å²) in [5.41, 5.74) is 0. The molecule has 6 nitrogen and oxygen atoms in total. The van der Waals surface area contributed by atoms with Gasteiger partial charge in [-0.2, -0.15) is 9.97 Å². The Kier molecular flexibility index (Phi) is 4.61. The van der Waals surface area contributed by atoms with Crippen LogP contribution in [0.15, 0.2) is 6.07 Å². The Morgan fingerprint density at radius 2 is 2.18 bits per heavy atom. The lowest BCUT2D eigenvalue weighted by molar-refractivity contribution is 0.396. The van der Waals surface area contributed by atoms with Gasteiger partial charge >= 0.3 is 0 Å². The Balaban J connectivity index is 1.74. The Hall–Kier alpha value is -1.63. The predicted octanol–water partition coefficient (Wildman–Crippen LogP) is 2.17. The molecule has 0 unspecified atom stereocenters. The molecular formula is C15H23N5OS. The second-order valence-corrected chi connectivity index (χ2v) is 6.57. The van der Waals surface area contributed by atoms with E-state index in [0.29, 0.717) is 28.9 Å². The molecule has 1 aromatic heterocycles. The first-order valence-electron chi connectivity index (χ1n) is 7.89. The van der Waals surface area contributed by atoms with Crippen molar-refractivity contribution >= 4 is 29.1 Å². The number of rotatable bonds is 4. The van der Waals surface area contributed by atoms with Crippen LogP contribution < -0.4 is 20.3 Å². The number of hydrogen-bond acceptors (Lipinski definition) is 5. The molecular weight excluding hydrogens is 298 g/mol. The minimum atomic E-state index is 0.491. The van der Waals surface area contributed by atoms with E-state index in [9.17, 15) is 0 Å². The van der Waals surface area contributed by atoms with Gasteiger partial charge in [0, 0.05) is 25.2 Å². The van der Waals surface area contributed by atoms with E-state index in [4.69, 9.17) is 17.0 Å². The van der Waals surface area contributed by atoms with Gasteiger partial charge < -0.3 is 20.3 Å². The van der Waals surface area contributed by atoms with Gasteiger partial charge in [-0.3, -0.25) is 0 Å². The topological polar surface area (TPSA) is 62.3 Å². The minimum absolute atomic E-state index is 0.491. The third kappa shape index (κ3) is 3.97. The monoisotopic (exact) mass is 321 g/mol. The average molecular weight is 321 g/mol. The van der Waals surface area contributed by atoms with Crippen LogP contribution in [0.4, 0.5) is 11.8 Å². The highest BCUT2D eigenvalue weighted by Crippen LogP contribution is 2.25. The van der Waals surface area contributed by atoms with Gasteiger partial charge in [-0.15, -0.1) is 0 Å². The molecule has 2 aliphatic rings. The number of anilines is 2. The molecule has 0 spiro atoms. The van der Waals surface area contributed by atoms with Crippen LogP contribution in [0.25, 0.3) is 0 Å². The maximum atomic E-state index is 5.31. The fourth-order valence-corrected chi connectivity index (χ4v) is 2.94. The molecule has 0 aromatic carbocycles. The summed E-state index contributed by atoms with van der Waals surface area (Å²) >= 11 is 5.29.